The number of aromatic nitrogens is 3. The third-order valence-corrected chi connectivity index (χ3v) is 6.89. The second kappa shape index (κ2) is 7.86. The molecule has 9 nitrogen and oxygen atoms in total. The van der Waals surface area contributed by atoms with Gasteiger partial charge in [0, 0.05) is 18.2 Å². The van der Waals surface area contributed by atoms with Gasteiger partial charge in [0.2, 0.25) is 0 Å². The fourth-order valence-electron chi connectivity index (χ4n) is 4.92. The Morgan fingerprint density at radius 2 is 2.10 bits per heavy atom. The average Bonchev–Trinajstić information content (AvgIpc) is 3.43. The molecule has 2 aliphatic rings. The fourth-order valence-corrected chi connectivity index (χ4v) is 5.28. The number of anilines is 1. The number of fused-ring (bicyclic) bond motifs is 2. The molecule has 164 valence electrons. The van der Waals surface area contributed by atoms with Crippen LogP contribution >= 0.6 is 0 Å². The van der Waals surface area contributed by atoms with Gasteiger partial charge in [-0.25, -0.2) is 15.1 Å². The summed E-state index contributed by atoms with van der Waals surface area (Å²) < 4.78 is 28.9. The lowest BCUT2D eigenvalue weighted by Gasteiger charge is -2.16. The Kier molecular flexibility index (Phi) is 5.17. The Balaban J connectivity index is 1.37. The molecule has 5 rings (SSSR count). The number of nitrogens with one attached hydrogen (secondary N) is 1. The quantitative estimate of drug-likeness (QED) is 0.529. The minimum Gasteiger partial charge on any atom is -0.393 e. The Labute approximate surface area is 180 Å². The molecule has 1 aromatic carbocycles. The molecule has 2 aromatic heterocycles. The van der Waals surface area contributed by atoms with E-state index in [0.29, 0.717) is 12.8 Å². The van der Waals surface area contributed by atoms with E-state index in [1.54, 1.807) is 6.33 Å². The van der Waals surface area contributed by atoms with Gasteiger partial charge in [-0.2, -0.15) is 8.42 Å². The van der Waals surface area contributed by atoms with Crippen molar-refractivity contribution in [3.8, 4) is 0 Å². The minimum absolute atomic E-state index is 0.0171. The van der Waals surface area contributed by atoms with Gasteiger partial charge >= 0.3 is 10.3 Å². The zero-order valence-corrected chi connectivity index (χ0v) is 17.7. The summed E-state index contributed by atoms with van der Waals surface area (Å²) in [6.45, 7) is -0.126. The van der Waals surface area contributed by atoms with Gasteiger partial charge in [-0.1, -0.05) is 24.3 Å². The summed E-state index contributed by atoms with van der Waals surface area (Å²) in [6.07, 6.45) is 5.96. The number of hydrogen-bond donors (Lipinski definition) is 3. The van der Waals surface area contributed by atoms with Gasteiger partial charge in [0.15, 0.2) is 0 Å². The van der Waals surface area contributed by atoms with Crippen LogP contribution in [0.4, 0.5) is 5.82 Å². The van der Waals surface area contributed by atoms with E-state index >= 15 is 0 Å². The average molecular weight is 446 g/mol. The maximum absolute atomic E-state index is 11.1. The number of benzene rings is 1. The molecule has 0 spiro atoms. The number of aryl methyl sites for hydroxylation is 1. The van der Waals surface area contributed by atoms with E-state index in [9.17, 15) is 13.5 Å². The van der Waals surface area contributed by atoms with Gasteiger partial charge < -0.3 is 15.0 Å². The van der Waals surface area contributed by atoms with Gasteiger partial charge in [-0.15, -0.1) is 0 Å². The third-order valence-electron chi connectivity index (χ3n) is 6.43. The van der Waals surface area contributed by atoms with Crippen molar-refractivity contribution in [2.24, 2.45) is 11.1 Å². The molecular formula is C21H25N5O4S. The molecule has 10 heteroatoms. The molecule has 2 heterocycles. The van der Waals surface area contributed by atoms with E-state index in [-0.39, 0.29) is 24.6 Å². The summed E-state index contributed by atoms with van der Waals surface area (Å²) >= 11 is 0. The molecule has 31 heavy (non-hydrogen) atoms. The summed E-state index contributed by atoms with van der Waals surface area (Å²) in [5.74, 6) is 0.480. The van der Waals surface area contributed by atoms with Crippen LogP contribution < -0.4 is 10.5 Å². The molecule has 2 aliphatic carbocycles. The number of nitrogens with zero attached hydrogens (tertiary/aromatic N) is 3. The standard InChI is InChI=1S/C21H25N5O4S/c22-31(28,29)30-11-14-9-15(10-19(14)27)26-8-7-17-20(23-12-24-21(17)26)25-18-6-5-13-3-1-2-4-16(13)18/h1-4,7-8,12,14-15,18-19,27H,5-6,9-11H2,(H2,22,28,29)(H,23,24,25)/t14-,15+,18-,19-/m0/s1/i12+2. The minimum atomic E-state index is -4.03. The van der Waals surface area contributed by atoms with Crippen LogP contribution in [0.1, 0.15) is 42.5 Å². The SMILES string of the molecule is NS(=O)(=O)OC[C@@H]1C[C@@H](n2ccc3c(N[C@H]4CCc5ccccc54)n[14cH]nc32)C[C@@H]1O. The highest BCUT2D eigenvalue weighted by Gasteiger charge is 2.35. The zero-order chi connectivity index (χ0) is 21.6. The molecule has 1 fully saturated rings. The number of rotatable bonds is 6. The van der Waals surface area contributed by atoms with Crippen molar-refractivity contribution >= 4 is 27.2 Å². The maximum atomic E-state index is 11.1. The first-order chi connectivity index (χ1) is 14.9. The van der Waals surface area contributed by atoms with Crippen LogP contribution in [0.2, 0.25) is 0 Å². The van der Waals surface area contributed by atoms with Crippen LogP contribution in [0.25, 0.3) is 11.0 Å². The monoisotopic (exact) mass is 445 g/mol. The van der Waals surface area contributed by atoms with Crippen molar-refractivity contribution in [1.29, 1.82) is 0 Å². The van der Waals surface area contributed by atoms with E-state index in [0.717, 1.165) is 29.7 Å². The number of hydrogen-bond acceptors (Lipinski definition) is 7. The molecule has 0 saturated heterocycles. The molecule has 0 aliphatic heterocycles. The molecule has 0 bridgehead atoms. The number of nitrogens with two attached hydrogens (primary N) is 1. The molecule has 3 aromatic rings. The van der Waals surface area contributed by atoms with Crippen LogP contribution in [0.3, 0.4) is 0 Å². The van der Waals surface area contributed by atoms with E-state index < -0.39 is 16.4 Å². The van der Waals surface area contributed by atoms with E-state index in [2.05, 4.69) is 39.6 Å². The van der Waals surface area contributed by atoms with Gasteiger partial charge in [0.05, 0.1) is 24.1 Å². The summed E-state index contributed by atoms with van der Waals surface area (Å²) in [7, 11) is -4.03. The summed E-state index contributed by atoms with van der Waals surface area (Å²) in [4.78, 5) is 8.97. The molecule has 0 unspecified atom stereocenters. The zero-order valence-electron chi connectivity index (χ0n) is 16.9. The number of aliphatic hydroxyl groups is 1. The molecule has 4 N–H and O–H groups in total. The van der Waals surface area contributed by atoms with Gasteiger partial charge in [-0.3, -0.25) is 4.18 Å². The van der Waals surface area contributed by atoms with E-state index in [4.69, 9.17) is 9.32 Å². The first kappa shape index (κ1) is 20.4. The smallest absolute Gasteiger partial charge is 0.333 e. The first-order valence-electron chi connectivity index (χ1n) is 10.4. The Morgan fingerprint density at radius 1 is 1.26 bits per heavy atom. The highest BCUT2D eigenvalue weighted by atomic mass is 32.2. The maximum Gasteiger partial charge on any atom is 0.333 e. The molecule has 4 atom stereocenters. The van der Waals surface area contributed by atoms with Crippen molar-refractivity contribution in [3.05, 3.63) is 54.0 Å². The lowest BCUT2D eigenvalue weighted by molar-refractivity contribution is 0.100. The highest BCUT2D eigenvalue weighted by Crippen LogP contribution is 2.39. The summed E-state index contributed by atoms with van der Waals surface area (Å²) in [6, 6.07) is 10.6. The van der Waals surface area contributed by atoms with Gasteiger partial charge in [-0.05, 0) is 42.9 Å². The second-order valence-corrected chi connectivity index (χ2v) is 9.57. The largest absolute Gasteiger partial charge is 0.393 e. The van der Waals surface area contributed by atoms with Crippen LogP contribution in [0.15, 0.2) is 42.9 Å². The van der Waals surface area contributed by atoms with E-state index in [1.165, 1.54) is 11.1 Å². The number of aliphatic hydroxyl groups excluding tert-OH is 1. The van der Waals surface area contributed by atoms with Crippen molar-refractivity contribution in [3.63, 3.8) is 0 Å². The topological polar surface area (TPSA) is 132 Å². The van der Waals surface area contributed by atoms with Crippen molar-refractivity contribution < 1.29 is 17.7 Å². The second-order valence-electron chi connectivity index (χ2n) is 8.35. The van der Waals surface area contributed by atoms with E-state index in [1.807, 2.05) is 16.8 Å². The molecule has 0 amide bonds. The lowest BCUT2D eigenvalue weighted by atomic mass is 10.1. The Morgan fingerprint density at radius 3 is 2.94 bits per heavy atom. The highest BCUT2D eigenvalue weighted by molar-refractivity contribution is 7.84. The van der Waals surface area contributed by atoms with Crippen molar-refractivity contribution in [2.75, 3.05) is 11.9 Å². The van der Waals surface area contributed by atoms with Gasteiger partial charge in [0.25, 0.3) is 0 Å². The summed E-state index contributed by atoms with van der Waals surface area (Å²) in [5, 5.41) is 19.8. The predicted molar refractivity (Wildman–Crippen MR) is 115 cm³/mol. The normalized spacial score (nSPS) is 25.7. The van der Waals surface area contributed by atoms with Crippen LogP contribution in [-0.2, 0) is 20.9 Å². The third kappa shape index (κ3) is 4.03. The molecule has 1 saturated carbocycles. The lowest BCUT2D eigenvalue weighted by Crippen LogP contribution is -2.24. The molecule has 0 radical (unpaired) electrons. The van der Waals surface area contributed by atoms with Crippen LogP contribution in [0.5, 0.6) is 0 Å². The Bertz CT molecular complexity index is 1210. The first-order valence-corrected chi connectivity index (χ1v) is 11.9. The van der Waals surface area contributed by atoms with Crippen LogP contribution in [-0.4, -0.2) is 40.8 Å². The van der Waals surface area contributed by atoms with Crippen LogP contribution in [0, 0.1) is 5.92 Å². The molecular weight excluding hydrogens is 420 g/mol. The van der Waals surface area contributed by atoms with Crippen molar-refractivity contribution in [1.82, 2.24) is 14.5 Å². The van der Waals surface area contributed by atoms with Gasteiger partial charge in [0.1, 0.15) is 17.8 Å². The fraction of sp³-hybridized carbons (Fsp3) is 0.429. The van der Waals surface area contributed by atoms with Crippen molar-refractivity contribution in [2.45, 2.75) is 43.9 Å². The Hall–Kier alpha value is -2.53. The summed E-state index contributed by atoms with van der Waals surface area (Å²) in [5.41, 5.74) is 3.47. The predicted octanol–water partition coefficient (Wildman–Crippen LogP) is 2.06.